The van der Waals surface area contributed by atoms with Gasteiger partial charge in [0, 0.05) is 49.0 Å². The fraction of sp³-hybridized carbons (Fsp3) is 0.375. The van der Waals surface area contributed by atoms with Crippen LogP contribution in [0.3, 0.4) is 0 Å². The molecular weight excluding hydrogens is 376 g/mol. The van der Waals surface area contributed by atoms with Gasteiger partial charge in [-0.05, 0) is 49.6 Å². The Labute approximate surface area is 176 Å². The van der Waals surface area contributed by atoms with Crippen LogP contribution in [-0.2, 0) is 17.7 Å². The molecule has 2 aliphatic rings. The van der Waals surface area contributed by atoms with Crippen LogP contribution in [-0.4, -0.2) is 47.8 Å². The molecule has 2 amide bonds. The van der Waals surface area contributed by atoms with Crippen LogP contribution in [0.4, 0.5) is 16.2 Å². The topological polar surface area (TPSA) is 60.6 Å². The first-order chi connectivity index (χ1) is 14.5. The number of hydrogen-bond acceptors (Lipinski definition) is 3. The van der Waals surface area contributed by atoms with Gasteiger partial charge in [0.15, 0.2) is 0 Å². The van der Waals surface area contributed by atoms with E-state index in [1.807, 2.05) is 35.4 Å². The van der Waals surface area contributed by atoms with Gasteiger partial charge in [0.05, 0.1) is 17.9 Å². The number of carbonyl (C=O) groups is 1. The van der Waals surface area contributed by atoms with Crippen molar-refractivity contribution >= 4 is 28.3 Å². The molecule has 1 aromatic heterocycles. The van der Waals surface area contributed by atoms with E-state index in [0.717, 1.165) is 49.3 Å². The van der Waals surface area contributed by atoms with E-state index in [9.17, 15) is 4.79 Å². The zero-order valence-electron chi connectivity index (χ0n) is 17.6. The lowest BCUT2D eigenvalue weighted by Gasteiger charge is -2.40. The number of ether oxygens (including phenoxy) is 1. The summed E-state index contributed by atoms with van der Waals surface area (Å²) in [6.07, 6.45) is 2.73. The number of nitrogens with one attached hydrogen (secondary N) is 2. The first kappa shape index (κ1) is 19.0. The van der Waals surface area contributed by atoms with E-state index in [4.69, 9.17) is 4.74 Å². The van der Waals surface area contributed by atoms with Crippen molar-refractivity contribution < 1.29 is 9.53 Å². The molecule has 3 heterocycles. The molecule has 2 aromatic carbocycles. The van der Waals surface area contributed by atoms with Gasteiger partial charge in [0.2, 0.25) is 0 Å². The molecular formula is C24H28N4O2. The van der Waals surface area contributed by atoms with Gasteiger partial charge in [-0.1, -0.05) is 24.3 Å². The predicted molar refractivity (Wildman–Crippen MR) is 120 cm³/mol. The average molecular weight is 405 g/mol. The van der Waals surface area contributed by atoms with Gasteiger partial charge in [-0.25, -0.2) is 4.79 Å². The van der Waals surface area contributed by atoms with Crippen molar-refractivity contribution in [2.24, 2.45) is 0 Å². The summed E-state index contributed by atoms with van der Waals surface area (Å²) in [5, 5.41) is 4.10. The standard InChI is InChI=1S/C24H28N4O2/c1-24(2)16-28(11-12-30-24)19-8-7-18-15-27(10-9-17(18)13-19)23(29)26-22-14-25-21-6-4-3-5-20(21)22/h3-8,13-14,25H,9-12,15-16H2,1-2H3,(H,26,29). The Balaban J connectivity index is 1.29. The number of aromatic amines is 1. The molecule has 3 aromatic rings. The summed E-state index contributed by atoms with van der Waals surface area (Å²) in [5.74, 6) is 0. The zero-order valence-corrected chi connectivity index (χ0v) is 17.6. The van der Waals surface area contributed by atoms with Crippen molar-refractivity contribution in [3.8, 4) is 0 Å². The molecule has 2 N–H and O–H groups in total. The molecule has 0 saturated carbocycles. The van der Waals surface area contributed by atoms with E-state index in [1.54, 1.807) is 0 Å². The SMILES string of the molecule is CC1(C)CN(c2ccc3c(c2)CCN(C(=O)Nc2c[nH]c4ccccc24)C3)CCO1. The molecule has 0 bridgehead atoms. The third-order valence-corrected chi connectivity index (χ3v) is 6.11. The van der Waals surface area contributed by atoms with Crippen molar-refractivity contribution in [2.75, 3.05) is 36.5 Å². The highest BCUT2D eigenvalue weighted by atomic mass is 16.5. The molecule has 5 rings (SSSR count). The van der Waals surface area contributed by atoms with Crippen molar-refractivity contribution in [3.05, 3.63) is 59.8 Å². The van der Waals surface area contributed by atoms with E-state index >= 15 is 0 Å². The summed E-state index contributed by atoms with van der Waals surface area (Å²) < 4.78 is 5.84. The molecule has 1 fully saturated rings. The highest BCUT2D eigenvalue weighted by Gasteiger charge is 2.28. The number of benzene rings is 2. The molecule has 2 aliphatic heterocycles. The Morgan fingerprint density at radius 2 is 2.00 bits per heavy atom. The van der Waals surface area contributed by atoms with Crippen LogP contribution >= 0.6 is 0 Å². The predicted octanol–water partition coefficient (Wildman–Crippen LogP) is 4.37. The number of anilines is 2. The number of morpholine rings is 1. The zero-order chi connectivity index (χ0) is 20.7. The summed E-state index contributed by atoms with van der Waals surface area (Å²) in [5.41, 5.74) is 5.55. The molecule has 0 atom stereocenters. The van der Waals surface area contributed by atoms with Gasteiger partial charge in [-0.2, -0.15) is 0 Å². The number of para-hydroxylation sites is 1. The molecule has 1 saturated heterocycles. The van der Waals surface area contributed by atoms with Crippen molar-refractivity contribution in [3.63, 3.8) is 0 Å². The number of nitrogens with zero attached hydrogens (tertiary/aromatic N) is 2. The van der Waals surface area contributed by atoms with E-state index in [-0.39, 0.29) is 11.6 Å². The van der Waals surface area contributed by atoms with Gasteiger partial charge in [-0.15, -0.1) is 0 Å². The maximum atomic E-state index is 12.9. The van der Waals surface area contributed by atoms with Crippen molar-refractivity contribution in [1.29, 1.82) is 0 Å². The quantitative estimate of drug-likeness (QED) is 0.667. The van der Waals surface area contributed by atoms with Crippen LogP contribution in [0.2, 0.25) is 0 Å². The summed E-state index contributed by atoms with van der Waals surface area (Å²) in [6, 6.07) is 14.6. The normalized spacial score (nSPS) is 18.3. The maximum absolute atomic E-state index is 12.9. The minimum atomic E-state index is -0.120. The Morgan fingerprint density at radius 1 is 1.13 bits per heavy atom. The van der Waals surface area contributed by atoms with Crippen LogP contribution in [0.25, 0.3) is 10.9 Å². The van der Waals surface area contributed by atoms with E-state index < -0.39 is 0 Å². The molecule has 0 aliphatic carbocycles. The highest BCUT2D eigenvalue weighted by Crippen LogP contribution is 2.29. The van der Waals surface area contributed by atoms with Crippen LogP contribution in [0.15, 0.2) is 48.7 Å². The average Bonchev–Trinajstić information content (AvgIpc) is 3.15. The monoisotopic (exact) mass is 404 g/mol. The van der Waals surface area contributed by atoms with Crippen LogP contribution < -0.4 is 10.2 Å². The molecule has 0 unspecified atom stereocenters. The highest BCUT2D eigenvalue weighted by molar-refractivity contribution is 6.01. The van der Waals surface area contributed by atoms with Gasteiger partial charge in [-0.3, -0.25) is 0 Å². The first-order valence-electron chi connectivity index (χ1n) is 10.6. The fourth-order valence-corrected chi connectivity index (χ4v) is 4.52. The van der Waals surface area contributed by atoms with E-state index in [0.29, 0.717) is 6.54 Å². The Morgan fingerprint density at radius 3 is 2.87 bits per heavy atom. The fourth-order valence-electron chi connectivity index (χ4n) is 4.52. The first-order valence-corrected chi connectivity index (χ1v) is 10.6. The number of rotatable bonds is 2. The minimum absolute atomic E-state index is 0.0515. The molecule has 0 spiro atoms. The number of urea groups is 1. The van der Waals surface area contributed by atoms with Gasteiger partial charge in [0.1, 0.15) is 0 Å². The lowest BCUT2D eigenvalue weighted by atomic mass is 9.98. The number of aromatic nitrogens is 1. The lowest BCUT2D eigenvalue weighted by Crippen LogP contribution is -2.48. The molecule has 0 radical (unpaired) electrons. The lowest BCUT2D eigenvalue weighted by molar-refractivity contribution is -0.0277. The Hall–Kier alpha value is -2.99. The smallest absolute Gasteiger partial charge is 0.322 e. The second kappa shape index (κ2) is 7.36. The maximum Gasteiger partial charge on any atom is 0.322 e. The van der Waals surface area contributed by atoms with Crippen molar-refractivity contribution in [1.82, 2.24) is 9.88 Å². The summed E-state index contributed by atoms with van der Waals surface area (Å²) >= 11 is 0. The van der Waals surface area contributed by atoms with Gasteiger partial charge >= 0.3 is 6.03 Å². The van der Waals surface area contributed by atoms with Gasteiger partial charge in [0.25, 0.3) is 0 Å². The third-order valence-electron chi connectivity index (χ3n) is 6.11. The summed E-state index contributed by atoms with van der Waals surface area (Å²) in [6.45, 7) is 8.21. The second-order valence-electron chi connectivity index (χ2n) is 8.83. The second-order valence-corrected chi connectivity index (χ2v) is 8.83. The van der Waals surface area contributed by atoms with Crippen molar-refractivity contribution in [2.45, 2.75) is 32.4 Å². The number of hydrogen-bond donors (Lipinski definition) is 2. The molecule has 156 valence electrons. The van der Waals surface area contributed by atoms with Crippen LogP contribution in [0.1, 0.15) is 25.0 Å². The molecule has 6 heteroatoms. The molecule has 30 heavy (non-hydrogen) atoms. The third kappa shape index (κ3) is 3.63. The summed E-state index contributed by atoms with van der Waals surface area (Å²) in [7, 11) is 0. The summed E-state index contributed by atoms with van der Waals surface area (Å²) in [4.78, 5) is 20.4. The van der Waals surface area contributed by atoms with Gasteiger partial charge < -0.3 is 24.8 Å². The van der Waals surface area contributed by atoms with E-state index in [2.05, 4.69) is 47.2 Å². The van der Waals surface area contributed by atoms with Crippen LogP contribution in [0, 0.1) is 0 Å². The number of fused-ring (bicyclic) bond motifs is 2. The molecule has 6 nitrogen and oxygen atoms in total. The Kier molecular flexibility index (Phi) is 4.66. The Bertz CT molecular complexity index is 1090. The number of amides is 2. The van der Waals surface area contributed by atoms with Crippen LogP contribution in [0.5, 0.6) is 0 Å². The number of H-pyrrole nitrogens is 1. The largest absolute Gasteiger partial charge is 0.372 e. The number of carbonyl (C=O) groups excluding carboxylic acids is 1. The van der Waals surface area contributed by atoms with E-state index in [1.165, 1.54) is 16.8 Å². The minimum Gasteiger partial charge on any atom is -0.372 e.